The Morgan fingerprint density at radius 2 is 2.29 bits per heavy atom. The molecule has 4 heteroatoms. The number of hydrogen-bond acceptors (Lipinski definition) is 4. The molecule has 3 rings (SSSR count). The second kappa shape index (κ2) is 6.34. The zero-order chi connectivity index (χ0) is 14.8. The molecule has 114 valence electrons. The van der Waals surface area contributed by atoms with Gasteiger partial charge >= 0.3 is 0 Å². The van der Waals surface area contributed by atoms with Gasteiger partial charge in [-0.05, 0) is 36.4 Å². The summed E-state index contributed by atoms with van der Waals surface area (Å²) in [4.78, 5) is 4.04. The number of rotatable bonds is 5. The molecule has 3 nitrogen and oxygen atoms in total. The summed E-state index contributed by atoms with van der Waals surface area (Å²) in [5.41, 5.74) is 2.78. The molecule has 21 heavy (non-hydrogen) atoms. The summed E-state index contributed by atoms with van der Waals surface area (Å²) >= 11 is 1.89. The van der Waals surface area contributed by atoms with E-state index in [4.69, 9.17) is 4.42 Å². The van der Waals surface area contributed by atoms with Crippen LogP contribution in [0.15, 0.2) is 21.9 Å². The predicted molar refractivity (Wildman–Crippen MR) is 87.6 cm³/mol. The van der Waals surface area contributed by atoms with E-state index in [2.05, 4.69) is 48.5 Å². The normalized spacial score (nSPS) is 15.6. The summed E-state index contributed by atoms with van der Waals surface area (Å²) in [5.74, 6) is 2.14. The van der Waals surface area contributed by atoms with Crippen molar-refractivity contribution in [3.63, 3.8) is 0 Å². The summed E-state index contributed by atoms with van der Waals surface area (Å²) in [5, 5.41) is 5.67. The SMILES string of the molecule is Cc1oc(CN2CCc3sccc3C2)cc1CNC(C)C. The van der Waals surface area contributed by atoms with Crippen molar-refractivity contribution in [3.8, 4) is 0 Å². The van der Waals surface area contributed by atoms with Crippen LogP contribution in [0.25, 0.3) is 0 Å². The number of nitrogens with one attached hydrogen (secondary N) is 1. The van der Waals surface area contributed by atoms with Gasteiger partial charge in [-0.2, -0.15) is 0 Å². The van der Waals surface area contributed by atoms with E-state index in [-0.39, 0.29) is 0 Å². The Balaban J connectivity index is 1.62. The van der Waals surface area contributed by atoms with Crippen LogP contribution >= 0.6 is 11.3 Å². The van der Waals surface area contributed by atoms with Gasteiger partial charge in [0.15, 0.2) is 0 Å². The van der Waals surface area contributed by atoms with Gasteiger partial charge in [0.2, 0.25) is 0 Å². The number of fused-ring (bicyclic) bond motifs is 1. The molecule has 3 heterocycles. The van der Waals surface area contributed by atoms with Crippen LogP contribution in [-0.2, 0) is 26.1 Å². The number of furan rings is 1. The maximum Gasteiger partial charge on any atom is 0.118 e. The summed E-state index contributed by atoms with van der Waals surface area (Å²) in [6.45, 7) is 10.4. The van der Waals surface area contributed by atoms with Gasteiger partial charge in [0.05, 0.1) is 6.54 Å². The van der Waals surface area contributed by atoms with Crippen LogP contribution in [0.1, 0.15) is 41.4 Å². The van der Waals surface area contributed by atoms with E-state index in [1.54, 1.807) is 4.88 Å². The second-order valence-corrected chi connectivity index (χ2v) is 7.16. The highest BCUT2D eigenvalue weighted by Crippen LogP contribution is 2.25. The van der Waals surface area contributed by atoms with Crippen LogP contribution in [0.5, 0.6) is 0 Å². The highest BCUT2D eigenvalue weighted by molar-refractivity contribution is 7.10. The Kier molecular flexibility index (Phi) is 4.48. The molecule has 0 aliphatic carbocycles. The second-order valence-electron chi connectivity index (χ2n) is 6.16. The summed E-state index contributed by atoms with van der Waals surface area (Å²) in [7, 11) is 0. The Hall–Kier alpha value is -1.10. The van der Waals surface area contributed by atoms with Crippen LogP contribution in [0, 0.1) is 6.92 Å². The number of nitrogens with zero attached hydrogens (tertiary/aromatic N) is 1. The van der Waals surface area contributed by atoms with Gasteiger partial charge < -0.3 is 9.73 Å². The first-order valence-electron chi connectivity index (χ1n) is 7.71. The molecule has 0 bridgehead atoms. The predicted octanol–water partition coefficient (Wildman–Crippen LogP) is 3.71. The summed E-state index contributed by atoms with van der Waals surface area (Å²) in [6, 6.07) is 4.98. The minimum Gasteiger partial charge on any atom is -0.465 e. The third-order valence-corrected chi connectivity index (χ3v) is 5.06. The number of hydrogen-bond donors (Lipinski definition) is 1. The molecule has 0 unspecified atom stereocenters. The van der Waals surface area contributed by atoms with E-state index in [0.717, 1.165) is 37.7 Å². The lowest BCUT2D eigenvalue weighted by Crippen LogP contribution is -2.28. The Morgan fingerprint density at radius 3 is 3.10 bits per heavy atom. The maximum atomic E-state index is 5.94. The molecular weight excluding hydrogens is 280 g/mol. The standard InChI is InChI=1S/C17H24N2OS/c1-12(2)18-9-15-8-16(20-13(15)3)11-19-6-4-17-14(10-19)5-7-21-17/h5,7-8,12,18H,4,6,9-11H2,1-3H3. The van der Waals surface area contributed by atoms with Crippen molar-refractivity contribution >= 4 is 11.3 Å². The lowest BCUT2D eigenvalue weighted by Gasteiger charge is -2.25. The minimum absolute atomic E-state index is 0.502. The summed E-state index contributed by atoms with van der Waals surface area (Å²) < 4.78 is 5.94. The summed E-state index contributed by atoms with van der Waals surface area (Å²) in [6.07, 6.45) is 1.18. The molecule has 0 spiro atoms. The molecule has 0 radical (unpaired) electrons. The van der Waals surface area contributed by atoms with Gasteiger partial charge in [0.25, 0.3) is 0 Å². The number of aryl methyl sites for hydroxylation is 1. The van der Waals surface area contributed by atoms with Gasteiger partial charge in [-0.1, -0.05) is 13.8 Å². The maximum absolute atomic E-state index is 5.94. The number of thiophene rings is 1. The molecule has 0 amide bonds. The Bertz CT molecular complexity index is 600. The fourth-order valence-corrected chi connectivity index (χ4v) is 3.71. The van der Waals surface area contributed by atoms with E-state index in [0.29, 0.717) is 6.04 Å². The molecule has 0 aromatic carbocycles. The van der Waals surface area contributed by atoms with Gasteiger partial charge in [-0.15, -0.1) is 11.3 Å². The first-order valence-corrected chi connectivity index (χ1v) is 8.59. The lowest BCUT2D eigenvalue weighted by molar-refractivity contribution is 0.226. The van der Waals surface area contributed by atoms with E-state index >= 15 is 0 Å². The van der Waals surface area contributed by atoms with Crippen molar-refractivity contribution in [2.24, 2.45) is 0 Å². The Morgan fingerprint density at radius 1 is 1.43 bits per heavy atom. The fraction of sp³-hybridized carbons (Fsp3) is 0.529. The van der Waals surface area contributed by atoms with Crippen LogP contribution < -0.4 is 5.32 Å². The van der Waals surface area contributed by atoms with Crippen molar-refractivity contribution in [3.05, 3.63) is 45.0 Å². The molecule has 0 fully saturated rings. The molecule has 2 aromatic rings. The van der Waals surface area contributed by atoms with Gasteiger partial charge in [-0.25, -0.2) is 0 Å². The zero-order valence-electron chi connectivity index (χ0n) is 13.1. The molecular formula is C17H24N2OS. The zero-order valence-corrected chi connectivity index (χ0v) is 13.9. The van der Waals surface area contributed by atoms with E-state index in [1.807, 2.05) is 11.3 Å². The molecule has 0 saturated heterocycles. The lowest BCUT2D eigenvalue weighted by atomic mass is 10.1. The first kappa shape index (κ1) is 14.8. The van der Waals surface area contributed by atoms with E-state index < -0.39 is 0 Å². The van der Waals surface area contributed by atoms with E-state index in [1.165, 1.54) is 17.5 Å². The topological polar surface area (TPSA) is 28.4 Å². The minimum atomic E-state index is 0.502. The molecule has 0 atom stereocenters. The van der Waals surface area contributed by atoms with Gasteiger partial charge in [0, 0.05) is 36.1 Å². The van der Waals surface area contributed by atoms with Crippen LogP contribution in [0.2, 0.25) is 0 Å². The van der Waals surface area contributed by atoms with Gasteiger partial charge in [-0.3, -0.25) is 4.90 Å². The molecule has 1 aliphatic rings. The third kappa shape index (κ3) is 3.57. The van der Waals surface area contributed by atoms with Crippen LogP contribution in [0.4, 0.5) is 0 Å². The van der Waals surface area contributed by atoms with Crippen molar-refractivity contribution in [2.75, 3.05) is 6.54 Å². The monoisotopic (exact) mass is 304 g/mol. The average molecular weight is 304 g/mol. The van der Waals surface area contributed by atoms with Crippen molar-refractivity contribution < 1.29 is 4.42 Å². The fourth-order valence-electron chi connectivity index (χ4n) is 2.82. The highest BCUT2D eigenvalue weighted by atomic mass is 32.1. The smallest absolute Gasteiger partial charge is 0.118 e. The first-order chi connectivity index (χ1) is 10.1. The van der Waals surface area contributed by atoms with E-state index in [9.17, 15) is 0 Å². The van der Waals surface area contributed by atoms with Crippen molar-refractivity contribution in [1.82, 2.24) is 10.2 Å². The highest BCUT2D eigenvalue weighted by Gasteiger charge is 2.19. The van der Waals surface area contributed by atoms with Gasteiger partial charge in [0.1, 0.15) is 11.5 Å². The quantitative estimate of drug-likeness (QED) is 0.913. The van der Waals surface area contributed by atoms with Crippen LogP contribution in [0.3, 0.4) is 0 Å². The molecule has 1 aliphatic heterocycles. The van der Waals surface area contributed by atoms with Crippen molar-refractivity contribution in [2.45, 2.75) is 52.9 Å². The Labute approximate surface area is 131 Å². The third-order valence-electron chi connectivity index (χ3n) is 4.04. The van der Waals surface area contributed by atoms with Crippen molar-refractivity contribution in [1.29, 1.82) is 0 Å². The average Bonchev–Trinajstić information content (AvgIpc) is 3.02. The largest absolute Gasteiger partial charge is 0.465 e. The molecule has 2 aromatic heterocycles. The molecule has 0 saturated carbocycles. The van der Waals surface area contributed by atoms with Crippen LogP contribution in [-0.4, -0.2) is 17.5 Å². The molecule has 1 N–H and O–H groups in total.